The summed E-state index contributed by atoms with van der Waals surface area (Å²) < 4.78 is 5.43. The van der Waals surface area contributed by atoms with Crippen LogP contribution in [0.2, 0.25) is 5.02 Å². The van der Waals surface area contributed by atoms with Crippen molar-refractivity contribution in [2.45, 2.75) is 45.8 Å². The predicted molar refractivity (Wildman–Crippen MR) is 75.0 cm³/mol. The van der Waals surface area contributed by atoms with Crippen molar-refractivity contribution in [3.63, 3.8) is 0 Å². The lowest BCUT2D eigenvalue weighted by molar-refractivity contribution is 0.0128. The lowest BCUT2D eigenvalue weighted by Gasteiger charge is -2.28. The van der Waals surface area contributed by atoms with E-state index in [4.69, 9.17) is 16.3 Å². The third-order valence-electron chi connectivity index (χ3n) is 3.02. The van der Waals surface area contributed by atoms with E-state index in [1.54, 1.807) is 7.11 Å². The van der Waals surface area contributed by atoms with Crippen LogP contribution in [-0.2, 0) is 4.74 Å². The molecule has 0 fully saturated rings. The fraction of sp³-hybridized carbons (Fsp3) is 0.571. The summed E-state index contributed by atoms with van der Waals surface area (Å²) in [4.78, 5) is 0. The van der Waals surface area contributed by atoms with Crippen molar-refractivity contribution in [1.29, 1.82) is 0 Å². The number of hydrogen-bond donors (Lipinski definition) is 1. The van der Waals surface area contributed by atoms with Crippen LogP contribution >= 0.6 is 11.6 Å². The van der Waals surface area contributed by atoms with Gasteiger partial charge in [0.05, 0.1) is 5.60 Å². The molecule has 0 aliphatic carbocycles. The van der Waals surface area contributed by atoms with Gasteiger partial charge in [-0.1, -0.05) is 17.7 Å². The summed E-state index contributed by atoms with van der Waals surface area (Å²) >= 11 is 6.09. The zero-order valence-electron chi connectivity index (χ0n) is 11.3. The fourth-order valence-electron chi connectivity index (χ4n) is 1.90. The fourth-order valence-corrected chi connectivity index (χ4v) is 2.08. The van der Waals surface area contributed by atoms with Crippen LogP contribution in [0.4, 0.5) is 5.69 Å². The Labute approximate surface area is 109 Å². The maximum atomic E-state index is 6.09. The number of ether oxygens (including phenoxy) is 1. The van der Waals surface area contributed by atoms with Crippen LogP contribution < -0.4 is 5.32 Å². The number of halogens is 1. The van der Waals surface area contributed by atoms with Crippen molar-refractivity contribution in [2.75, 3.05) is 12.4 Å². The molecule has 0 aliphatic rings. The van der Waals surface area contributed by atoms with Gasteiger partial charge in [0.1, 0.15) is 0 Å². The minimum atomic E-state index is -0.112. The number of anilines is 1. The number of methoxy groups -OCH3 is 1. The summed E-state index contributed by atoms with van der Waals surface area (Å²) in [5.74, 6) is 0. The standard InChI is InChI=1S/C14H22ClNO/c1-10(9-14(3,4)17-5)16-13-8-6-7-12(15)11(13)2/h6-8,10,16H,9H2,1-5H3. The highest BCUT2D eigenvalue weighted by atomic mass is 35.5. The Bertz CT molecular complexity index is 376. The Morgan fingerprint density at radius 1 is 1.41 bits per heavy atom. The Hall–Kier alpha value is -0.730. The highest BCUT2D eigenvalue weighted by Crippen LogP contribution is 2.25. The van der Waals surface area contributed by atoms with Gasteiger partial charge < -0.3 is 10.1 Å². The van der Waals surface area contributed by atoms with Crippen LogP contribution in [-0.4, -0.2) is 18.8 Å². The van der Waals surface area contributed by atoms with Crippen LogP contribution in [0.1, 0.15) is 32.8 Å². The first kappa shape index (κ1) is 14.3. The summed E-state index contributed by atoms with van der Waals surface area (Å²) in [6, 6.07) is 6.26. The number of nitrogens with one attached hydrogen (secondary N) is 1. The quantitative estimate of drug-likeness (QED) is 0.849. The van der Waals surface area contributed by atoms with Gasteiger partial charge >= 0.3 is 0 Å². The highest BCUT2D eigenvalue weighted by Gasteiger charge is 2.20. The third kappa shape index (κ3) is 4.21. The van der Waals surface area contributed by atoms with Gasteiger partial charge in [-0.25, -0.2) is 0 Å². The first-order chi connectivity index (χ1) is 7.85. The normalized spacial score (nSPS) is 13.5. The Morgan fingerprint density at radius 3 is 2.65 bits per heavy atom. The van der Waals surface area contributed by atoms with Gasteiger partial charge in [0.15, 0.2) is 0 Å². The van der Waals surface area contributed by atoms with Gasteiger partial charge in [0.2, 0.25) is 0 Å². The van der Waals surface area contributed by atoms with E-state index < -0.39 is 0 Å². The van der Waals surface area contributed by atoms with Crippen LogP contribution in [0.3, 0.4) is 0 Å². The second kappa shape index (κ2) is 5.74. The Balaban J connectivity index is 2.68. The minimum absolute atomic E-state index is 0.112. The van der Waals surface area contributed by atoms with E-state index in [0.717, 1.165) is 22.7 Å². The van der Waals surface area contributed by atoms with Crippen molar-refractivity contribution in [2.24, 2.45) is 0 Å². The van der Waals surface area contributed by atoms with Crippen molar-refractivity contribution in [3.05, 3.63) is 28.8 Å². The maximum absolute atomic E-state index is 6.09. The average molecular weight is 256 g/mol. The molecule has 0 radical (unpaired) electrons. The molecule has 2 nitrogen and oxygen atoms in total. The zero-order valence-corrected chi connectivity index (χ0v) is 12.1. The zero-order chi connectivity index (χ0) is 13.1. The average Bonchev–Trinajstić information content (AvgIpc) is 2.24. The molecule has 1 aromatic carbocycles. The summed E-state index contributed by atoms with van der Waals surface area (Å²) in [7, 11) is 1.75. The largest absolute Gasteiger partial charge is 0.382 e. The molecule has 3 heteroatoms. The molecule has 1 atom stereocenters. The van der Waals surface area contributed by atoms with Crippen molar-refractivity contribution < 1.29 is 4.74 Å². The lowest BCUT2D eigenvalue weighted by atomic mass is 9.99. The molecule has 0 heterocycles. The van der Waals surface area contributed by atoms with Crippen molar-refractivity contribution in [3.8, 4) is 0 Å². The molecule has 0 aliphatic heterocycles. The van der Waals surface area contributed by atoms with Gasteiger partial charge in [0, 0.05) is 23.9 Å². The van der Waals surface area contributed by atoms with E-state index in [1.807, 2.05) is 19.1 Å². The molecule has 0 aromatic heterocycles. The third-order valence-corrected chi connectivity index (χ3v) is 3.43. The van der Waals surface area contributed by atoms with Crippen molar-refractivity contribution in [1.82, 2.24) is 0 Å². The first-order valence-corrected chi connectivity index (χ1v) is 6.30. The van der Waals surface area contributed by atoms with Gasteiger partial charge in [-0.15, -0.1) is 0 Å². The molecule has 0 bridgehead atoms. The molecule has 1 aromatic rings. The Morgan fingerprint density at radius 2 is 2.06 bits per heavy atom. The van der Waals surface area contributed by atoms with Crippen LogP contribution in [0.15, 0.2) is 18.2 Å². The second-order valence-electron chi connectivity index (χ2n) is 5.13. The first-order valence-electron chi connectivity index (χ1n) is 5.92. The van der Waals surface area contributed by atoms with Gasteiger partial charge in [0.25, 0.3) is 0 Å². The predicted octanol–water partition coefficient (Wildman–Crippen LogP) is 4.26. The molecular formula is C14H22ClNO. The molecule has 17 heavy (non-hydrogen) atoms. The molecule has 0 saturated heterocycles. The minimum Gasteiger partial charge on any atom is -0.382 e. The lowest BCUT2D eigenvalue weighted by Crippen LogP contribution is -2.31. The maximum Gasteiger partial charge on any atom is 0.0642 e. The van der Waals surface area contributed by atoms with E-state index in [9.17, 15) is 0 Å². The van der Waals surface area contributed by atoms with Crippen LogP contribution in [0, 0.1) is 6.92 Å². The molecular weight excluding hydrogens is 234 g/mol. The van der Waals surface area contributed by atoms with Crippen LogP contribution in [0.5, 0.6) is 0 Å². The molecule has 1 rings (SSSR count). The van der Waals surface area contributed by atoms with Gasteiger partial charge in [-0.3, -0.25) is 0 Å². The van der Waals surface area contributed by atoms with E-state index in [1.165, 1.54) is 0 Å². The topological polar surface area (TPSA) is 21.3 Å². The molecule has 96 valence electrons. The SMILES string of the molecule is COC(C)(C)CC(C)Nc1cccc(Cl)c1C. The number of hydrogen-bond acceptors (Lipinski definition) is 2. The molecule has 1 N–H and O–H groups in total. The molecule has 0 amide bonds. The summed E-state index contributed by atoms with van der Waals surface area (Å²) in [5, 5.41) is 4.28. The van der Waals surface area contributed by atoms with Gasteiger partial charge in [-0.2, -0.15) is 0 Å². The summed E-state index contributed by atoms with van der Waals surface area (Å²) in [6.07, 6.45) is 0.940. The van der Waals surface area contributed by atoms with E-state index in [0.29, 0.717) is 6.04 Å². The van der Waals surface area contributed by atoms with Gasteiger partial charge in [-0.05, 0) is 51.8 Å². The molecule has 0 saturated carbocycles. The summed E-state index contributed by atoms with van der Waals surface area (Å²) in [6.45, 7) is 8.37. The van der Waals surface area contributed by atoms with E-state index in [-0.39, 0.29) is 5.60 Å². The monoisotopic (exact) mass is 255 g/mol. The van der Waals surface area contributed by atoms with E-state index in [2.05, 4.69) is 32.2 Å². The van der Waals surface area contributed by atoms with Crippen molar-refractivity contribution >= 4 is 17.3 Å². The number of benzene rings is 1. The molecule has 1 unspecified atom stereocenters. The second-order valence-corrected chi connectivity index (χ2v) is 5.53. The Kier molecular flexibility index (Phi) is 4.84. The highest BCUT2D eigenvalue weighted by molar-refractivity contribution is 6.31. The number of rotatable bonds is 5. The van der Waals surface area contributed by atoms with E-state index >= 15 is 0 Å². The smallest absolute Gasteiger partial charge is 0.0642 e. The molecule has 0 spiro atoms. The summed E-state index contributed by atoms with van der Waals surface area (Å²) in [5.41, 5.74) is 2.08. The van der Waals surface area contributed by atoms with Crippen LogP contribution in [0.25, 0.3) is 0 Å².